The fourth-order valence-electron chi connectivity index (χ4n) is 4.11. The molecule has 1 aliphatic carbocycles. The normalized spacial score (nSPS) is 17.8. The maximum atomic E-state index is 11.4. The van der Waals surface area contributed by atoms with Gasteiger partial charge in [0.2, 0.25) is 0 Å². The summed E-state index contributed by atoms with van der Waals surface area (Å²) in [5.41, 5.74) is 1.23. The van der Waals surface area contributed by atoms with Gasteiger partial charge in [-0.05, 0) is 43.9 Å². The molecule has 1 aromatic rings. The molecule has 0 heterocycles. The minimum Gasteiger partial charge on any atom is -0.493 e. The van der Waals surface area contributed by atoms with Crippen LogP contribution in [-0.2, 0) is 15.3 Å². The summed E-state index contributed by atoms with van der Waals surface area (Å²) >= 11 is 0. The van der Waals surface area contributed by atoms with E-state index in [1.807, 2.05) is 13.0 Å². The van der Waals surface area contributed by atoms with Gasteiger partial charge in [0.15, 0.2) is 17.5 Å². The lowest BCUT2D eigenvalue weighted by Crippen LogP contribution is -2.48. The third-order valence-electron chi connectivity index (χ3n) is 5.93. The van der Waals surface area contributed by atoms with Crippen LogP contribution in [-0.4, -0.2) is 60.2 Å². The van der Waals surface area contributed by atoms with Crippen molar-refractivity contribution >= 4 is 15.8 Å². The molecule has 0 saturated heterocycles. The number of aliphatic imine (C=N–C) groups is 1. The van der Waals surface area contributed by atoms with Gasteiger partial charge < -0.3 is 20.1 Å². The molecule has 1 aromatic carbocycles. The fraction of sp³-hybridized carbons (Fsp3) is 0.682. The maximum absolute atomic E-state index is 11.4. The van der Waals surface area contributed by atoms with Crippen LogP contribution in [0.25, 0.3) is 0 Å². The van der Waals surface area contributed by atoms with Gasteiger partial charge in [-0.15, -0.1) is 0 Å². The third-order valence-corrected chi connectivity index (χ3v) is 6.91. The molecule has 1 fully saturated rings. The Bertz CT molecular complexity index is 818. The van der Waals surface area contributed by atoms with Crippen molar-refractivity contribution in [3.8, 4) is 11.5 Å². The van der Waals surface area contributed by atoms with Gasteiger partial charge in [-0.25, -0.2) is 8.42 Å². The van der Waals surface area contributed by atoms with Crippen molar-refractivity contribution < 1.29 is 17.9 Å². The fourth-order valence-corrected chi connectivity index (χ4v) is 4.89. The van der Waals surface area contributed by atoms with Gasteiger partial charge in [0.25, 0.3) is 0 Å². The number of ether oxygens (including phenoxy) is 2. The average molecular weight is 440 g/mol. The number of benzene rings is 1. The van der Waals surface area contributed by atoms with Crippen LogP contribution in [0, 0.1) is 0 Å². The van der Waals surface area contributed by atoms with Crippen molar-refractivity contribution in [2.75, 3.05) is 39.8 Å². The molecule has 0 bridgehead atoms. The SMILES string of the molecule is CN=C(NCC1(c2ccc(OC)c(OC)c2)CCCCC1)NC(C)CCS(C)(=O)=O. The highest BCUT2D eigenvalue weighted by Gasteiger charge is 2.35. The topological polar surface area (TPSA) is 89.0 Å². The quantitative estimate of drug-likeness (QED) is 0.454. The van der Waals surface area contributed by atoms with Gasteiger partial charge >= 0.3 is 0 Å². The van der Waals surface area contributed by atoms with Gasteiger partial charge in [0, 0.05) is 31.3 Å². The van der Waals surface area contributed by atoms with Crippen molar-refractivity contribution in [1.82, 2.24) is 10.6 Å². The molecule has 2 N–H and O–H groups in total. The molecule has 0 aliphatic heterocycles. The number of hydrogen-bond donors (Lipinski definition) is 2. The molecule has 7 nitrogen and oxygen atoms in total. The zero-order valence-corrected chi connectivity index (χ0v) is 19.8. The summed E-state index contributed by atoms with van der Waals surface area (Å²) in [6.07, 6.45) is 7.62. The van der Waals surface area contributed by atoms with Crippen LogP contribution in [0.4, 0.5) is 0 Å². The third kappa shape index (κ3) is 6.79. The Kier molecular flexibility index (Phi) is 8.82. The number of rotatable bonds is 9. The summed E-state index contributed by atoms with van der Waals surface area (Å²) in [5.74, 6) is 2.34. The van der Waals surface area contributed by atoms with Crippen LogP contribution in [0.2, 0.25) is 0 Å². The Balaban J connectivity index is 2.12. The Labute approximate surface area is 181 Å². The zero-order chi connectivity index (χ0) is 22.2. The lowest BCUT2D eigenvalue weighted by Gasteiger charge is -2.39. The summed E-state index contributed by atoms with van der Waals surface area (Å²) in [7, 11) is 2.08. The van der Waals surface area contributed by atoms with Crippen molar-refractivity contribution in [2.45, 2.75) is 56.9 Å². The largest absolute Gasteiger partial charge is 0.493 e. The van der Waals surface area contributed by atoms with E-state index in [1.54, 1.807) is 21.3 Å². The van der Waals surface area contributed by atoms with Crippen LogP contribution in [0.3, 0.4) is 0 Å². The van der Waals surface area contributed by atoms with Crippen molar-refractivity contribution in [3.63, 3.8) is 0 Å². The van der Waals surface area contributed by atoms with E-state index in [1.165, 1.54) is 31.1 Å². The summed E-state index contributed by atoms with van der Waals surface area (Å²) in [4.78, 5) is 4.34. The predicted molar refractivity (Wildman–Crippen MR) is 123 cm³/mol. The van der Waals surface area contributed by atoms with Gasteiger partial charge in [-0.1, -0.05) is 25.3 Å². The van der Waals surface area contributed by atoms with Gasteiger partial charge in [0.1, 0.15) is 9.84 Å². The molecule has 1 unspecified atom stereocenters. The van der Waals surface area contributed by atoms with E-state index >= 15 is 0 Å². The monoisotopic (exact) mass is 439 g/mol. The number of nitrogens with zero attached hydrogens (tertiary/aromatic N) is 1. The molecule has 1 aliphatic rings. The minimum atomic E-state index is -2.97. The van der Waals surface area contributed by atoms with Crippen molar-refractivity contribution in [1.29, 1.82) is 0 Å². The Hall–Kier alpha value is -1.96. The van der Waals surface area contributed by atoms with E-state index < -0.39 is 9.84 Å². The molecular weight excluding hydrogens is 402 g/mol. The lowest BCUT2D eigenvalue weighted by atomic mass is 9.69. The smallest absolute Gasteiger partial charge is 0.191 e. The van der Waals surface area contributed by atoms with Crippen LogP contribution in [0.15, 0.2) is 23.2 Å². The second-order valence-electron chi connectivity index (χ2n) is 8.30. The Morgan fingerprint density at radius 1 is 1.17 bits per heavy atom. The van der Waals surface area contributed by atoms with Gasteiger partial charge in [0.05, 0.1) is 20.0 Å². The first-order chi connectivity index (χ1) is 14.2. The molecule has 2 rings (SSSR count). The first-order valence-corrected chi connectivity index (χ1v) is 12.7. The molecule has 0 aromatic heterocycles. The van der Waals surface area contributed by atoms with E-state index in [2.05, 4.69) is 27.8 Å². The molecule has 0 amide bonds. The summed E-state index contributed by atoms with van der Waals surface area (Å²) in [5, 5.41) is 6.81. The van der Waals surface area contributed by atoms with Crippen LogP contribution < -0.4 is 20.1 Å². The molecule has 1 atom stereocenters. The molecule has 1 saturated carbocycles. The molecule has 170 valence electrons. The van der Waals surface area contributed by atoms with Crippen molar-refractivity contribution in [2.24, 2.45) is 4.99 Å². The highest BCUT2D eigenvalue weighted by atomic mass is 32.2. The molecule has 8 heteroatoms. The zero-order valence-electron chi connectivity index (χ0n) is 19.0. The summed E-state index contributed by atoms with van der Waals surface area (Å²) in [6, 6.07) is 6.22. The minimum absolute atomic E-state index is 0.00851. The maximum Gasteiger partial charge on any atom is 0.191 e. The molecule has 30 heavy (non-hydrogen) atoms. The predicted octanol–water partition coefficient (Wildman–Crippen LogP) is 2.89. The van der Waals surface area contributed by atoms with E-state index in [0.29, 0.717) is 12.4 Å². The number of guanidine groups is 1. The lowest BCUT2D eigenvalue weighted by molar-refractivity contribution is 0.288. The first kappa shape index (κ1) is 24.3. The number of sulfone groups is 1. The van der Waals surface area contributed by atoms with Crippen LogP contribution in [0.5, 0.6) is 11.5 Å². The van der Waals surface area contributed by atoms with E-state index in [-0.39, 0.29) is 17.2 Å². The van der Waals surface area contributed by atoms with Crippen LogP contribution >= 0.6 is 0 Å². The molecule has 0 radical (unpaired) electrons. The molecule has 0 spiro atoms. The number of nitrogens with one attached hydrogen (secondary N) is 2. The van der Waals surface area contributed by atoms with E-state index in [4.69, 9.17) is 9.47 Å². The average Bonchev–Trinajstić information content (AvgIpc) is 2.74. The van der Waals surface area contributed by atoms with Gasteiger partial charge in [-0.3, -0.25) is 4.99 Å². The highest BCUT2D eigenvalue weighted by Crippen LogP contribution is 2.42. The van der Waals surface area contributed by atoms with E-state index in [9.17, 15) is 8.42 Å². The van der Waals surface area contributed by atoms with Gasteiger partial charge in [-0.2, -0.15) is 0 Å². The Morgan fingerprint density at radius 2 is 1.83 bits per heavy atom. The first-order valence-electron chi connectivity index (χ1n) is 10.6. The van der Waals surface area contributed by atoms with Crippen LogP contribution in [0.1, 0.15) is 51.0 Å². The molecular formula is C22H37N3O4S. The van der Waals surface area contributed by atoms with Crippen molar-refractivity contribution in [3.05, 3.63) is 23.8 Å². The summed E-state index contributed by atoms with van der Waals surface area (Å²) < 4.78 is 33.8. The standard InChI is InChI=1S/C22H37N3O4S/c1-17(11-14-30(5,26)27)25-21(23-2)24-16-22(12-7-6-8-13-22)18-9-10-19(28-3)20(15-18)29-4/h9-10,15,17H,6-8,11-14,16H2,1-5H3,(H2,23,24,25). The number of methoxy groups -OCH3 is 2. The second kappa shape index (κ2) is 10.9. The number of hydrogen-bond acceptors (Lipinski definition) is 5. The second-order valence-corrected chi connectivity index (χ2v) is 10.6. The highest BCUT2D eigenvalue weighted by molar-refractivity contribution is 7.90. The van der Waals surface area contributed by atoms with E-state index in [0.717, 1.165) is 30.9 Å². The summed E-state index contributed by atoms with van der Waals surface area (Å²) in [6.45, 7) is 2.73. The Morgan fingerprint density at radius 3 is 2.40 bits per heavy atom.